The second kappa shape index (κ2) is 6.95. The number of hydrazone groups is 1. The van der Waals surface area contributed by atoms with E-state index in [1.807, 2.05) is 12.1 Å². The van der Waals surface area contributed by atoms with Crippen LogP contribution in [0.25, 0.3) is 0 Å². The van der Waals surface area contributed by atoms with Crippen LogP contribution in [0.15, 0.2) is 71.9 Å². The van der Waals surface area contributed by atoms with Gasteiger partial charge < -0.3 is 4.74 Å². The Morgan fingerprint density at radius 2 is 1.67 bits per heavy atom. The summed E-state index contributed by atoms with van der Waals surface area (Å²) in [5.41, 5.74) is 0.968. The van der Waals surface area contributed by atoms with Crippen LogP contribution in [0.2, 0.25) is 0 Å². The fourth-order valence-electron chi connectivity index (χ4n) is 4.60. The van der Waals surface area contributed by atoms with Crippen molar-refractivity contribution >= 4 is 29.5 Å². The van der Waals surface area contributed by atoms with Crippen molar-refractivity contribution in [3.63, 3.8) is 0 Å². The van der Waals surface area contributed by atoms with E-state index in [1.165, 1.54) is 4.90 Å². The minimum absolute atomic E-state index is 0.210. The Morgan fingerprint density at radius 3 is 2.37 bits per heavy atom. The lowest BCUT2D eigenvalue weighted by Gasteiger charge is -2.30. The Labute approximate surface area is 173 Å². The molecule has 0 radical (unpaired) electrons. The quantitative estimate of drug-likeness (QED) is 0.580. The first-order valence-electron chi connectivity index (χ1n) is 9.72. The molecule has 2 aromatic carbocycles. The number of hydrogen-bond acceptors (Lipinski definition) is 6. The van der Waals surface area contributed by atoms with Crippen LogP contribution in [0, 0.1) is 11.8 Å². The highest BCUT2D eigenvalue weighted by atomic mass is 16.5. The molecular formula is C23H19N3O4. The SMILES string of the molecule is COc1ccc(N2C(=O)[C@@H]3[C@H](C2=O)[C@H]2C=CC=NN2[C@@H]3C(=O)c2ccccc2)cc1. The van der Waals surface area contributed by atoms with Crippen molar-refractivity contribution in [1.29, 1.82) is 0 Å². The average Bonchev–Trinajstić information content (AvgIpc) is 3.27. The Hall–Kier alpha value is -3.74. The number of carbonyl (C=O) groups is 3. The molecule has 0 spiro atoms. The molecule has 0 N–H and O–H groups in total. The van der Waals surface area contributed by atoms with E-state index in [0.717, 1.165) is 0 Å². The van der Waals surface area contributed by atoms with E-state index in [2.05, 4.69) is 5.10 Å². The number of ketones is 1. The van der Waals surface area contributed by atoms with Crippen LogP contribution in [-0.2, 0) is 9.59 Å². The Kier molecular flexibility index (Phi) is 4.24. The van der Waals surface area contributed by atoms with Crippen molar-refractivity contribution < 1.29 is 19.1 Å². The molecule has 2 fully saturated rings. The number of carbonyl (C=O) groups excluding carboxylic acids is 3. The van der Waals surface area contributed by atoms with Crippen molar-refractivity contribution in [1.82, 2.24) is 5.01 Å². The highest BCUT2D eigenvalue weighted by Crippen LogP contribution is 2.46. The van der Waals surface area contributed by atoms with Crippen molar-refractivity contribution in [3.05, 3.63) is 72.3 Å². The molecule has 0 aromatic heterocycles. The van der Waals surface area contributed by atoms with Crippen LogP contribution in [0.4, 0.5) is 5.69 Å². The van der Waals surface area contributed by atoms with Gasteiger partial charge in [0.15, 0.2) is 5.78 Å². The van der Waals surface area contributed by atoms with Crippen LogP contribution >= 0.6 is 0 Å². The molecule has 2 saturated heterocycles. The van der Waals surface area contributed by atoms with E-state index in [9.17, 15) is 14.4 Å². The topological polar surface area (TPSA) is 79.3 Å². The first-order valence-corrected chi connectivity index (χ1v) is 9.72. The second-order valence-electron chi connectivity index (χ2n) is 7.46. The van der Waals surface area contributed by atoms with Gasteiger partial charge in [0.05, 0.1) is 30.7 Å². The van der Waals surface area contributed by atoms with Gasteiger partial charge in [0.2, 0.25) is 11.8 Å². The minimum Gasteiger partial charge on any atom is -0.497 e. The Balaban J connectivity index is 1.56. The van der Waals surface area contributed by atoms with Crippen molar-refractivity contribution in [2.24, 2.45) is 16.9 Å². The van der Waals surface area contributed by atoms with E-state index in [1.54, 1.807) is 72.9 Å². The fraction of sp³-hybridized carbons (Fsp3) is 0.217. The van der Waals surface area contributed by atoms with Crippen molar-refractivity contribution in [2.45, 2.75) is 12.1 Å². The molecular weight excluding hydrogens is 382 g/mol. The number of anilines is 1. The van der Waals surface area contributed by atoms with Crippen molar-refractivity contribution in [3.8, 4) is 5.75 Å². The van der Waals surface area contributed by atoms with Gasteiger partial charge in [0, 0.05) is 11.8 Å². The molecule has 0 unspecified atom stereocenters. The molecule has 7 nitrogen and oxygen atoms in total. The molecule has 3 aliphatic rings. The molecule has 2 aromatic rings. The second-order valence-corrected chi connectivity index (χ2v) is 7.46. The number of methoxy groups -OCH3 is 1. The third-order valence-electron chi connectivity index (χ3n) is 5.95. The first-order chi connectivity index (χ1) is 14.6. The first kappa shape index (κ1) is 18.3. The molecule has 0 bridgehead atoms. The molecule has 150 valence electrons. The molecule has 0 aliphatic carbocycles. The maximum absolute atomic E-state index is 13.5. The standard InChI is InChI=1S/C23H19N3O4/c1-30-16-11-9-15(10-12-16)25-22(28)18-17-8-5-13-24-26(17)20(19(18)23(25)29)21(27)14-6-3-2-4-7-14/h2-13,17-20H,1H3/t17-,18-,19-,20+/m1/s1. The molecule has 0 saturated carbocycles. The number of nitrogens with zero attached hydrogens (tertiary/aromatic N) is 3. The number of ether oxygens (including phenoxy) is 1. The summed E-state index contributed by atoms with van der Waals surface area (Å²) in [4.78, 5) is 41.4. The minimum atomic E-state index is -0.830. The number of benzene rings is 2. The van der Waals surface area contributed by atoms with Gasteiger partial charge in [0.1, 0.15) is 11.8 Å². The summed E-state index contributed by atoms with van der Waals surface area (Å²) in [6.07, 6.45) is 5.17. The Morgan fingerprint density at radius 1 is 0.967 bits per heavy atom. The van der Waals surface area contributed by atoms with Gasteiger partial charge in [-0.2, -0.15) is 5.10 Å². The zero-order valence-corrected chi connectivity index (χ0v) is 16.2. The van der Waals surface area contributed by atoms with Gasteiger partial charge in [-0.3, -0.25) is 19.4 Å². The maximum atomic E-state index is 13.5. The summed E-state index contributed by atoms with van der Waals surface area (Å²) in [6.45, 7) is 0. The van der Waals surface area contributed by atoms with Gasteiger partial charge in [-0.25, -0.2) is 4.90 Å². The summed E-state index contributed by atoms with van der Waals surface area (Å²) in [5.74, 6) is -1.72. The lowest BCUT2D eigenvalue weighted by molar-refractivity contribution is -0.123. The molecule has 5 rings (SSSR count). The molecule has 2 amide bonds. The number of allylic oxidation sites excluding steroid dienone is 1. The lowest BCUT2D eigenvalue weighted by Crippen LogP contribution is -2.46. The average molecular weight is 401 g/mol. The van der Waals surface area contributed by atoms with Crippen LogP contribution in [0.5, 0.6) is 5.75 Å². The number of hydrogen-bond donors (Lipinski definition) is 0. The monoisotopic (exact) mass is 401 g/mol. The summed E-state index contributed by atoms with van der Waals surface area (Å²) in [7, 11) is 1.55. The number of amides is 2. The molecule has 3 aliphatic heterocycles. The molecule has 3 heterocycles. The van der Waals surface area contributed by atoms with Crippen LogP contribution in [0.3, 0.4) is 0 Å². The Bertz CT molecular complexity index is 1080. The van der Waals surface area contributed by atoms with Crippen LogP contribution in [0.1, 0.15) is 10.4 Å². The van der Waals surface area contributed by atoms with Crippen LogP contribution < -0.4 is 9.64 Å². The van der Waals surface area contributed by atoms with E-state index >= 15 is 0 Å². The summed E-state index contributed by atoms with van der Waals surface area (Å²) >= 11 is 0. The molecule has 7 heteroatoms. The number of rotatable bonds is 4. The van der Waals surface area contributed by atoms with Gasteiger partial charge >= 0.3 is 0 Å². The third kappa shape index (κ3) is 2.58. The largest absolute Gasteiger partial charge is 0.497 e. The highest BCUT2D eigenvalue weighted by Gasteiger charge is 2.64. The predicted octanol–water partition coefficient (Wildman–Crippen LogP) is 2.29. The van der Waals surface area contributed by atoms with E-state index in [0.29, 0.717) is 17.0 Å². The van der Waals surface area contributed by atoms with Gasteiger partial charge in [0.25, 0.3) is 0 Å². The zero-order valence-electron chi connectivity index (χ0n) is 16.2. The highest BCUT2D eigenvalue weighted by molar-refractivity contribution is 6.24. The van der Waals surface area contributed by atoms with E-state index in [-0.39, 0.29) is 17.6 Å². The number of imide groups is 1. The van der Waals surface area contributed by atoms with E-state index in [4.69, 9.17) is 4.74 Å². The third-order valence-corrected chi connectivity index (χ3v) is 5.95. The smallest absolute Gasteiger partial charge is 0.240 e. The predicted molar refractivity (Wildman–Crippen MR) is 110 cm³/mol. The molecule has 4 atom stereocenters. The summed E-state index contributed by atoms with van der Waals surface area (Å²) in [5, 5.41) is 5.97. The van der Waals surface area contributed by atoms with E-state index < -0.39 is 23.9 Å². The van der Waals surface area contributed by atoms with Crippen LogP contribution in [-0.4, -0.2) is 48.0 Å². The van der Waals surface area contributed by atoms with Gasteiger partial charge in [-0.1, -0.05) is 36.4 Å². The van der Waals surface area contributed by atoms with Gasteiger partial charge in [-0.05, 0) is 30.3 Å². The maximum Gasteiger partial charge on any atom is 0.240 e. The summed E-state index contributed by atoms with van der Waals surface area (Å²) in [6, 6.07) is 14.3. The number of fused-ring (bicyclic) bond motifs is 3. The van der Waals surface area contributed by atoms with Crippen molar-refractivity contribution in [2.75, 3.05) is 12.0 Å². The zero-order chi connectivity index (χ0) is 20.8. The van der Waals surface area contributed by atoms with Gasteiger partial charge in [-0.15, -0.1) is 0 Å². The normalized spacial score (nSPS) is 26.7. The summed E-state index contributed by atoms with van der Waals surface area (Å²) < 4.78 is 5.16. The lowest BCUT2D eigenvalue weighted by atomic mass is 9.86. The number of Topliss-reactive ketones (excluding diaryl/α,β-unsaturated/α-hetero) is 1. The molecule has 30 heavy (non-hydrogen) atoms. The fourth-order valence-corrected chi connectivity index (χ4v) is 4.60.